The normalized spacial score (nSPS) is 18.8. The average Bonchev–Trinajstić information content (AvgIpc) is 4.03. The van der Waals surface area contributed by atoms with Gasteiger partial charge >= 0.3 is 23.6 Å². The summed E-state index contributed by atoms with van der Waals surface area (Å²) in [6.45, 7) is -0.849. The molecule has 0 saturated carbocycles. The van der Waals surface area contributed by atoms with Gasteiger partial charge in [0.15, 0.2) is 27.9 Å². The molecule has 2 saturated heterocycles. The number of carbonyl (C=O) groups excluding carboxylic acids is 6. The molecule has 2 fully saturated rings. The Hall–Kier alpha value is -6.95. The number of nitrogens with zero attached hydrogens (tertiary/aromatic N) is 3. The number of hydroxylamine groups is 2. The van der Waals surface area contributed by atoms with Crippen LogP contribution in [0.2, 0.25) is 0 Å². The van der Waals surface area contributed by atoms with Crippen LogP contribution in [-0.4, -0.2) is 89.4 Å². The van der Waals surface area contributed by atoms with Crippen molar-refractivity contribution >= 4 is 69.4 Å². The average molecular weight is 880 g/mol. The summed E-state index contributed by atoms with van der Waals surface area (Å²) in [7, 11) is 2.29. The second-order valence-corrected chi connectivity index (χ2v) is 15.0. The highest BCUT2D eigenvalue weighted by Crippen LogP contribution is 2.50. The zero-order valence-electron chi connectivity index (χ0n) is 33.1. The lowest BCUT2D eigenvalue weighted by atomic mass is 9.60. The van der Waals surface area contributed by atoms with Gasteiger partial charge in [0.25, 0.3) is 11.8 Å². The van der Waals surface area contributed by atoms with E-state index in [1.807, 2.05) is 0 Å². The van der Waals surface area contributed by atoms with Gasteiger partial charge in [-0.3, -0.25) is 28.8 Å². The summed E-state index contributed by atoms with van der Waals surface area (Å²) < 4.78 is 17.5. The van der Waals surface area contributed by atoms with Gasteiger partial charge < -0.3 is 29.7 Å². The fraction of sp³-hybridized carbons (Fsp3) is 0.227. The van der Waals surface area contributed by atoms with Gasteiger partial charge in [-0.15, -0.1) is 22.9 Å². The summed E-state index contributed by atoms with van der Waals surface area (Å²) in [6, 6.07) is 33.7. The third-order valence-corrected chi connectivity index (χ3v) is 11.4. The number of oxime groups is 1. The van der Waals surface area contributed by atoms with Gasteiger partial charge in [0, 0.05) is 11.8 Å². The second kappa shape index (κ2) is 18.3. The molecule has 7 rings (SSSR count). The molecule has 3 amide bonds. The van der Waals surface area contributed by atoms with E-state index < -0.39 is 77.2 Å². The van der Waals surface area contributed by atoms with E-state index in [1.54, 1.807) is 121 Å². The van der Waals surface area contributed by atoms with Crippen molar-refractivity contribution in [3.8, 4) is 0 Å². The molecule has 318 valence electrons. The van der Waals surface area contributed by atoms with Crippen molar-refractivity contribution in [3.05, 3.63) is 155 Å². The van der Waals surface area contributed by atoms with Gasteiger partial charge in [0.05, 0.1) is 13.5 Å². The molecule has 62 heavy (non-hydrogen) atoms. The minimum atomic E-state index is -2.58. The Labute approximate surface area is 363 Å². The number of alkyl halides is 1. The lowest BCUT2D eigenvalue weighted by Crippen LogP contribution is -2.73. The Balaban J connectivity index is 1.41. The molecule has 16 nitrogen and oxygen atoms in total. The van der Waals surface area contributed by atoms with Crippen LogP contribution in [0.25, 0.3) is 0 Å². The summed E-state index contributed by atoms with van der Waals surface area (Å²) in [5.41, 5.74) is -6.59. The quantitative estimate of drug-likeness (QED) is 0.0478. The van der Waals surface area contributed by atoms with E-state index in [-0.39, 0.29) is 34.3 Å². The van der Waals surface area contributed by atoms with E-state index in [4.69, 9.17) is 35.5 Å². The molecule has 2 unspecified atom stereocenters. The van der Waals surface area contributed by atoms with Gasteiger partial charge in [0.1, 0.15) is 25.3 Å². The Morgan fingerprint density at radius 2 is 1.45 bits per heavy atom. The SMILES string of the molecule is CO/N=C(\C(=O)NC1(C(C(=O)OC)(c2ccccc2)c2ccccc2)CON(C2(C(=O)OC(c3ccccc3)c3ccccc3)CCC(=O)O2)C1=O)c1csc(NC(=O)CCl)n1. The first-order chi connectivity index (χ1) is 30.0. The first-order valence-electron chi connectivity index (χ1n) is 19.0. The number of anilines is 1. The topological polar surface area (TPSA) is 201 Å². The van der Waals surface area contributed by atoms with Crippen LogP contribution in [0.5, 0.6) is 0 Å². The van der Waals surface area contributed by atoms with Crippen molar-refractivity contribution < 1.29 is 52.7 Å². The third-order valence-electron chi connectivity index (χ3n) is 10.4. The van der Waals surface area contributed by atoms with Crippen molar-refractivity contribution in [2.45, 2.75) is 35.6 Å². The van der Waals surface area contributed by atoms with Gasteiger partial charge in [-0.05, 0) is 22.3 Å². The molecule has 1 aromatic heterocycles. The summed E-state index contributed by atoms with van der Waals surface area (Å²) in [5.74, 6) is -6.29. The van der Waals surface area contributed by atoms with Crippen molar-refractivity contribution in [3.63, 3.8) is 0 Å². The molecule has 3 heterocycles. The molecule has 0 spiro atoms. The molecule has 2 aliphatic rings. The van der Waals surface area contributed by atoms with Crippen LogP contribution in [0.15, 0.2) is 132 Å². The number of aromatic nitrogens is 1. The maximum atomic E-state index is 15.9. The predicted molar refractivity (Wildman–Crippen MR) is 223 cm³/mol. The fourth-order valence-electron chi connectivity index (χ4n) is 7.63. The number of hydrogen-bond donors (Lipinski definition) is 2. The van der Waals surface area contributed by atoms with E-state index in [9.17, 15) is 24.0 Å². The number of amides is 3. The lowest BCUT2D eigenvalue weighted by Gasteiger charge is -2.45. The van der Waals surface area contributed by atoms with Crippen molar-refractivity contribution in [1.82, 2.24) is 15.4 Å². The molecule has 2 aliphatic heterocycles. The highest BCUT2D eigenvalue weighted by molar-refractivity contribution is 7.14. The van der Waals surface area contributed by atoms with E-state index in [2.05, 4.69) is 20.8 Å². The molecule has 2 atom stereocenters. The maximum absolute atomic E-state index is 15.9. The van der Waals surface area contributed by atoms with E-state index in [0.717, 1.165) is 18.4 Å². The molecular weight excluding hydrogens is 842 g/mol. The maximum Gasteiger partial charge on any atom is 0.376 e. The monoisotopic (exact) mass is 879 g/mol. The number of cyclic esters (lactones) is 1. The van der Waals surface area contributed by atoms with Crippen LogP contribution in [0, 0.1) is 0 Å². The first-order valence-corrected chi connectivity index (χ1v) is 20.4. The largest absolute Gasteiger partial charge is 0.468 e. The van der Waals surface area contributed by atoms with Gasteiger partial charge in [-0.25, -0.2) is 9.78 Å². The number of carbonyl (C=O) groups is 6. The number of ether oxygens (including phenoxy) is 3. The molecule has 0 bridgehead atoms. The molecule has 5 aromatic rings. The second-order valence-electron chi connectivity index (χ2n) is 13.9. The van der Waals surface area contributed by atoms with Crippen molar-refractivity contribution in [2.75, 3.05) is 32.0 Å². The van der Waals surface area contributed by atoms with Crippen LogP contribution >= 0.6 is 22.9 Å². The van der Waals surface area contributed by atoms with Crippen LogP contribution in [0.3, 0.4) is 0 Å². The third kappa shape index (κ3) is 7.76. The summed E-state index contributed by atoms with van der Waals surface area (Å²) in [6.07, 6.45) is -1.81. The zero-order valence-corrected chi connectivity index (χ0v) is 34.7. The molecular formula is C44H38ClN5O11S. The molecule has 0 radical (unpaired) electrons. The number of methoxy groups -OCH3 is 1. The fourth-order valence-corrected chi connectivity index (χ4v) is 8.41. The number of hydrogen-bond acceptors (Lipinski definition) is 14. The zero-order chi connectivity index (χ0) is 43.9. The standard InChI is InChI=1S/C44H38ClN5O11S/c1-57-40(56)44(30-19-11-5-12-20-30,31-21-13-6-14-22-31)42(48-37(53)35(49-58-2)32-26-62-41(46-32)47-33(51)25-45)27-59-50(38(42)54)43(24-23-34(52)61-43)39(55)60-36(28-15-7-3-8-16-28)29-17-9-4-10-18-29/h3-22,26,36H,23-25,27H2,1-2H3,(H,48,53)(H,46,47,51)/b49-35-. The molecule has 2 N–H and O–H groups in total. The lowest BCUT2D eigenvalue weighted by molar-refractivity contribution is -0.260. The highest BCUT2D eigenvalue weighted by atomic mass is 35.5. The van der Waals surface area contributed by atoms with Gasteiger partial charge in [0.2, 0.25) is 5.91 Å². The number of rotatable bonds is 15. The van der Waals surface area contributed by atoms with Crippen molar-refractivity contribution in [1.29, 1.82) is 0 Å². The Kier molecular flexibility index (Phi) is 12.8. The van der Waals surface area contributed by atoms with Gasteiger partial charge in [-0.1, -0.05) is 126 Å². The number of esters is 3. The summed E-state index contributed by atoms with van der Waals surface area (Å²) in [5, 5.41) is 11.2. The number of halogens is 1. The number of thiazole rings is 1. The van der Waals surface area contributed by atoms with Gasteiger partial charge in [-0.2, -0.15) is 5.06 Å². The first kappa shape index (κ1) is 43.1. The Morgan fingerprint density at radius 3 is 1.95 bits per heavy atom. The minimum Gasteiger partial charge on any atom is -0.468 e. The molecule has 4 aromatic carbocycles. The number of nitrogens with one attached hydrogen (secondary N) is 2. The van der Waals surface area contributed by atoms with Crippen LogP contribution < -0.4 is 10.6 Å². The predicted octanol–water partition coefficient (Wildman–Crippen LogP) is 4.83. The molecule has 0 aliphatic carbocycles. The van der Waals surface area contributed by atoms with E-state index in [1.165, 1.54) is 12.5 Å². The Bertz CT molecular complexity index is 2410. The van der Waals surface area contributed by atoms with Crippen LogP contribution in [0.1, 0.15) is 46.9 Å². The smallest absolute Gasteiger partial charge is 0.376 e. The highest BCUT2D eigenvalue weighted by Gasteiger charge is 2.73. The Morgan fingerprint density at radius 1 is 0.887 bits per heavy atom. The van der Waals surface area contributed by atoms with Crippen molar-refractivity contribution in [2.24, 2.45) is 5.16 Å². The minimum absolute atomic E-state index is 0.0636. The van der Waals surface area contributed by atoms with E-state index >= 15 is 4.79 Å². The summed E-state index contributed by atoms with van der Waals surface area (Å²) in [4.78, 5) is 101. The number of benzene rings is 4. The van der Waals surface area contributed by atoms with Crippen LogP contribution in [0.4, 0.5) is 5.13 Å². The van der Waals surface area contributed by atoms with Crippen LogP contribution in [-0.2, 0) is 58.1 Å². The summed E-state index contributed by atoms with van der Waals surface area (Å²) >= 11 is 6.61. The van der Waals surface area contributed by atoms with E-state index in [0.29, 0.717) is 16.2 Å². The molecule has 18 heteroatoms.